The molecule has 0 unspecified atom stereocenters. The molecule has 0 saturated carbocycles. The van der Waals surface area contributed by atoms with E-state index in [9.17, 15) is 0 Å². The van der Waals surface area contributed by atoms with Crippen LogP contribution in [0.1, 0.15) is 23.6 Å². The monoisotopic (exact) mass is 441 g/mol. The second-order valence-corrected chi connectivity index (χ2v) is 8.39. The van der Waals surface area contributed by atoms with Gasteiger partial charge in [-0.05, 0) is 36.8 Å². The Bertz CT molecular complexity index is 1290. The van der Waals surface area contributed by atoms with Gasteiger partial charge in [0.1, 0.15) is 0 Å². The van der Waals surface area contributed by atoms with Gasteiger partial charge in [0.25, 0.3) is 0 Å². The molecule has 0 spiro atoms. The number of thioether (sulfide) groups is 1. The van der Waals surface area contributed by atoms with Crippen LogP contribution in [0.2, 0.25) is 0 Å². The third-order valence-corrected chi connectivity index (χ3v) is 5.88. The van der Waals surface area contributed by atoms with Crippen molar-refractivity contribution in [1.82, 2.24) is 34.9 Å². The van der Waals surface area contributed by atoms with E-state index in [1.807, 2.05) is 49.4 Å². The van der Waals surface area contributed by atoms with Crippen molar-refractivity contribution in [2.75, 3.05) is 0 Å². The van der Waals surface area contributed by atoms with Crippen LogP contribution in [0.4, 0.5) is 0 Å². The average molecular weight is 442 g/mol. The zero-order valence-electron chi connectivity index (χ0n) is 17.2. The molecule has 158 valence electrons. The van der Waals surface area contributed by atoms with E-state index in [-0.39, 0.29) is 5.25 Å². The predicted octanol–water partition coefficient (Wildman–Crippen LogP) is 4.69. The SMILES string of the molecule is C[C@@H](Sc1nnc(-c2cccnc2)n1Cc1ccccc1)c1nc(-c2cccnc2)no1. The zero-order chi connectivity index (χ0) is 21.8. The molecule has 0 fully saturated rings. The molecule has 8 nitrogen and oxygen atoms in total. The molecule has 4 aromatic heterocycles. The Morgan fingerprint density at radius 3 is 2.38 bits per heavy atom. The number of aromatic nitrogens is 7. The van der Waals surface area contributed by atoms with Gasteiger partial charge in [0.15, 0.2) is 11.0 Å². The minimum atomic E-state index is -0.117. The summed E-state index contributed by atoms with van der Waals surface area (Å²) in [6.45, 7) is 2.65. The van der Waals surface area contributed by atoms with Gasteiger partial charge in [-0.1, -0.05) is 47.3 Å². The van der Waals surface area contributed by atoms with Crippen molar-refractivity contribution < 1.29 is 4.52 Å². The van der Waals surface area contributed by atoms with Crippen molar-refractivity contribution >= 4 is 11.8 Å². The van der Waals surface area contributed by atoms with Crippen molar-refractivity contribution in [2.24, 2.45) is 0 Å². The molecule has 0 aliphatic carbocycles. The summed E-state index contributed by atoms with van der Waals surface area (Å²) in [5, 5.41) is 13.7. The van der Waals surface area contributed by atoms with E-state index >= 15 is 0 Å². The van der Waals surface area contributed by atoms with Gasteiger partial charge in [-0.3, -0.25) is 14.5 Å². The van der Waals surface area contributed by atoms with Crippen LogP contribution >= 0.6 is 11.8 Å². The first kappa shape index (κ1) is 20.1. The number of hydrogen-bond acceptors (Lipinski definition) is 8. The Hall–Kier alpha value is -3.85. The first-order valence-electron chi connectivity index (χ1n) is 10.1. The summed E-state index contributed by atoms with van der Waals surface area (Å²) in [4.78, 5) is 12.9. The molecule has 1 atom stereocenters. The van der Waals surface area contributed by atoms with Crippen molar-refractivity contribution in [2.45, 2.75) is 23.9 Å². The van der Waals surface area contributed by atoms with Crippen LogP contribution in [0.25, 0.3) is 22.8 Å². The molecule has 9 heteroatoms. The molecule has 0 aliphatic heterocycles. The van der Waals surface area contributed by atoms with E-state index in [0.717, 1.165) is 27.7 Å². The smallest absolute Gasteiger partial charge is 0.240 e. The highest BCUT2D eigenvalue weighted by molar-refractivity contribution is 7.99. The van der Waals surface area contributed by atoms with E-state index in [1.165, 1.54) is 11.8 Å². The Labute approximate surface area is 188 Å². The van der Waals surface area contributed by atoms with Gasteiger partial charge in [-0.2, -0.15) is 4.98 Å². The highest BCUT2D eigenvalue weighted by atomic mass is 32.2. The minimum absolute atomic E-state index is 0.117. The largest absolute Gasteiger partial charge is 0.338 e. The van der Waals surface area contributed by atoms with Gasteiger partial charge >= 0.3 is 0 Å². The van der Waals surface area contributed by atoms with Crippen LogP contribution in [-0.2, 0) is 6.54 Å². The Morgan fingerprint density at radius 2 is 1.66 bits per heavy atom. The maximum atomic E-state index is 5.53. The topological polar surface area (TPSA) is 95.4 Å². The zero-order valence-corrected chi connectivity index (χ0v) is 18.1. The lowest BCUT2D eigenvalue weighted by atomic mass is 10.2. The van der Waals surface area contributed by atoms with Gasteiger partial charge in [-0.15, -0.1) is 10.2 Å². The van der Waals surface area contributed by atoms with Crippen LogP contribution in [0.3, 0.4) is 0 Å². The van der Waals surface area contributed by atoms with E-state index in [0.29, 0.717) is 18.3 Å². The lowest BCUT2D eigenvalue weighted by molar-refractivity contribution is 0.380. The average Bonchev–Trinajstić information content (AvgIpc) is 3.49. The summed E-state index contributed by atoms with van der Waals surface area (Å²) in [7, 11) is 0. The second kappa shape index (κ2) is 9.11. The Kier molecular flexibility index (Phi) is 5.71. The Morgan fingerprint density at radius 1 is 0.906 bits per heavy atom. The normalized spacial score (nSPS) is 12.0. The van der Waals surface area contributed by atoms with Crippen molar-refractivity contribution in [3.8, 4) is 22.8 Å². The highest BCUT2D eigenvalue weighted by Crippen LogP contribution is 2.35. The number of nitrogens with zero attached hydrogens (tertiary/aromatic N) is 7. The van der Waals surface area contributed by atoms with Gasteiger partial charge < -0.3 is 4.52 Å². The maximum Gasteiger partial charge on any atom is 0.240 e. The molecular formula is C23H19N7OS. The van der Waals surface area contributed by atoms with Crippen molar-refractivity contribution in [1.29, 1.82) is 0 Å². The number of pyridine rings is 2. The molecule has 5 rings (SSSR count). The van der Waals surface area contributed by atoms with Gasteiger partial charge in [0.05, 0.1) is 11.8 Å². The van der Waals surface area contributed by atoms with Crippen LogP contribution in [0.15, 0.2) is 89.1 Å². The molecule has 32 heavy (non-hydrogen) atoms. The third-order valence-electron chi connectivity index (χ3n) is 4.81. The molecule has 4 heterocycles. The second-order valence-electron chi connectivity index (χ2n) is 7.08. The number of hydrogen-bond donors (Lipinski definition) is 0. The molecular weight excluding hydrogens is 422 g/mol. The van der Waals surface area contributed by atoms with Crippen LogP contribution < -0.4 is 0 Å². The fourth-order valence-corrected chi connectivity index (χ4v) is 4.09. The van der Waals surface area contributed by atoms with Crippen LogP contribution in [-0.4, -0.2) is 34.9 Å². The summed E-state index contributed by atoms with van der Waals surface area (Å²) < 4.78 is 7.61. The first-order valence-corrected chi connectivity index (χ1v) is 10.9. The Balaban J connectivity index is 1.44. The predicted molar refractivity (Wildman–Crippen MR) is 121 cm³/mol. The third kappa shape index (κ3) is 4.28. The molecule has 0 saturated heterocycles. The number of rotatable bonds is 7. The fraction of sp³-hybridized carbons (Fsp3) is 0.130. The standard InChI is InChI=1S/C23H19N7OS/c1-16(22-26-20(29-31-22)18-9-5-11-24-13-18)32-23-28-27-21(19-10-6-12-25-14-19)30(23)15-17-7-3-2-4-8-17/h2-14,16H,15H2,1H3/t16-/m1/s1. The lowest BCUT2D eigenvalue weighted by Gasteiger charge is -2.12. The highest BCUT2D eigenvalue weighted by Gasteiger charge is 2.22. The molecule has 5 aromatic rings. The number of benzene rings is 1. The van der Waals surface area contributed by atoms with E-state index in [2.05, 4.69) is 47.0 Å². The maximum absolute atomic E-state index is 5.53. The van der Waals surface area contributed by atoms with E-state index < -0.39 is 0 Å². The van der Waals surface area contributed by atoms with Crippen molar-refractivity contribution in [3.05, 3.63) is 90.8 Å². The van der Waals surface area contributed by atoms with E-state index in [4.69, 9.17) is 4.52 Å². The summed E-state index contributed by atoms with van der Waals surface area (Å²) in [5.74, 6) is 1.80. The molecule has 1 aromatic carbocycles. The van der Waals surface area contributed by atoms with Gasteiger partial charge in [-0.25, -0.2) is 0 Å². The van der Waals surface area contributed by atoms with Crippen LogP contribution in [0.5, 0.6) is 0 Å². The van der Waals surface area contributed by atoms with Gasteiger partial charge in [0, 0.05) is 35.9 Å². The molecule has 0 aliphatic rings. The van der Waals surface area contributed by atoms with Gasteiger partial charge in [0.2, 0.25) is 11.7 Å². The molecule has 0 bridgehead atoms. The fourth-order valence-electron chi connectivity index (χ4n) is 3.21. The molecule has 0 radical (unpaired) electrons. The van der Waals surface area contributed by atoms with Crippen LogP contribution in [0, 0.1) is 0 Å². The quantitative estimate of drug-likeness (QED) is 0.336. The summed E-state index contributed by atoms with van der Waals surface area (Å²) in [6, 6.07) is 17.8. The summed E-state index contributed by atoms with van der Waals surface area (Å²) in [6.07, 6.45) is 6.96. The van der Waals surface area contributed by atoms with Crippen molar-refractivity contribution in [3.63, 3.8) is 0 Å². The molecule has 0 N–H and O–H groups in total. The van der Waals surface area contributed by atoms with E-state index in [1.54, 1.807) is 24.8 Å². The minimum Gasteiger partial charge on any atom is -0.338 e. The lowest BCUT2D eigenvalue weighted by Crippen LogP contribution is -2.05. The summed E-state index contributed by atoms with van der Waals surface area (Å²) in [5.41, 5.74) is 2.88. The first-order chi connectivity index (χ1) is 15.8. The summed E-state index contributed by atoms with van der Waals surface area (Å²) >= 11 is 1.52. The molecule has 0 amide bonds.